The molecule has 0 radical (unpaired) electrons. The number of aryl methyl sites for hydroxylation is 1. The Bertz CT molecular complexity index is 737. The molecular formula is C15H15N3O2S2. The van der Waals surface area contributed by atoms with E-state index < -0.39 is 0 Å². The quantitative estimate of drug-likeness (QED) is 0.698. The van der Waals surface area contributed by atoms with Gasteiger partial charge in [-0.15, -0.1) is 21.5 Å². The number of aliphatic hydroxyl groups is 1. The van der Waals surface area contributed by atoms with Gasteiger partial charge in [0.1, 0.15) is 0 Å². The van der Waals surface area contributed by atoms with Crippen LogP contribution in [0.1, 0.15) is 27.7 Å². The van der Waals surface area contributed by atoms with Gasteiger partial charge in [-0.1, -0.05) is 36.0 Å². The molecule has 0 saturated carbocycles. The highest BCUT2D eigenvalue weighted by Gasteiger charge is 2.09. The number of aliphatic hydroxyl groups excluding tert-OH is 1. The van der Waals surface area contributed by atoms with Crippen molar-refractivity contribution < 1.29 is 9.52 Å². The maximum Gasteiger partial charge on any atom is 0.276 e. The van der Waals surface area contributed by atoms with Crippen LogP contribution in [0, 0.1) is 6.92 Å². The van der Waals surface area contributed by atoms with Gasteiger partial charge in [0, 0.05) is 11.1 Å². The number of hydrogen-bond donors (Lipinski definition) is 1. The van der Waals surface area contributed by atoms with Crippen molar-refractivity contribution in [3.8, 4) is 0 Å². The molecule has 2 heterocycles. The average Bonchev–Trinajstić information content (AvgIpc) is 3.15. The second-order valence-corrected chi connectivity index (χ2v) is 6.75. The maximum atomic E-state index is 9.02. The minimum Gasteiger partial charge on any atom is -0.416 e. The Hall–Kier alpha value is -1.70. The number of nitrogens with zero attached hydrogens (tertiary/aromatic N) is 3. The predicted octanol–water partition coefficient (Wildman–Crippen LogP) is 3.21. The molecule has 3 aromatic rings. The van der Waals surface area contributed by atoms with Crippen molar-refractivity contribution >= 4 is 23.1 Å². The molecule has 0 aliphatic rings. The Labute approximate surface area is 136 Å². The van der Waals surface area contributed by atoms with Gasteiger partial charge in [-0.3, -0.25) is 0 Å². The molecule has 0 fully saturated rings. The normalized spacial score (nSPS) is 11.0. The summed E-state index contributed by atoms with van der Waals surface area (Å²) in [5.74, 6) is 1.34. The van der Waals surface area contributed by atoms with Crippen molar-refractivity contribution in [3.05, 3.63) is 57.4 Å². The second-order valence-electron chi connectivity index (χ2n) is 4.76. The number of rotatable bonds is 6. The molecule has 0 aliphatic carbocycles. The van der Waals surface area contributed by atoms with Crippen molar-refractivity contribution in [1.82, 2.24) is 15.2 Å². The van der Waals surface area contributed by atoms with E-state index >= 15 is 0 Å². The van der Waals surface area contributed by atoms with Gasteiger partial charge in [0.2, 0.25) is 5.89 Å². The first kappa shape index (κ1) is 15.2. The third-order valence-corrected chi connectivity index (χ3v) is 4.73. The minimum atomic E-state index is 0.0660. The molecule has 0 amide bonds. The third-order valence-electron chi connectivity index (χ3n) is 3.02. The topological polar surface area (TPSA) is 72.0 Å². The predicted molar refractivity (Wildman–Crippen MR) is 85.9 cm³/mol. The van der Waals surface area contributed by atoms with Gasteiger partial charge in [-0.05, 0) is 18.1 Å². The van der Waals surface area contributed by atoms with Gasteiger partial charge in [0.05, 0.1) is 23.7 Å². The Morgan fingerprint density at radius 2 is 1.95 bits per heavy atom. The fourth-order valence-corrected chi connectivity index (χ4v) is 3.25. The number of thiazole rings is 1. The summed E-state index contributed by atoms with van der Waals surface area (Å²) >= 11 is 3.12. The van der Waals surface area contributed by atoms with E-state index in [0.29, 0.717) is 17.5 Å². The Morgan fingerprint density at radius 3 is 2.64 bits per heavy atom. The SMILES string of the molecule is Cc1nc(Cc2nnc(SCc3ccc(CO)cc3)o2)cs1. The number of aromatic nitrogens is 3. The van der Waals surface area contributed by atoms with Gasteiger partial charge in [-0.2, -0.15) is 0 Å². The van der Waals surface area contributed by atoms with E-state index in [0.717, 1.165) is 27.6 Å². The van der Waals surface area contributed by atoms with Crippen LogP contribution in [0.25, 0.3) is 0 Å². The smallest absolute Gasteiger partial charge is 0.276 e. The molecule has 1 N–H and O–H groups in total. The molecule has 0 aliphatic heterocycles. The average molecular weight is 333 g/mol. The fourth-order valence-electron chi connectivity index (χ4n) is 1.90. The molecule has 5 nitrogen and oxygen atoms in total. The van der Waals surface area contributed by atoms with Crippen LogP contribution in [-0.2, 0) is 18.8 Å². The highest BCUT2D eigenvalue weighted by atomic mass is 32.2. The molecule has 3 rings (SSSR count). The summed E-state index contributed by atoms with van der Waals surface area (Å²) in [6.07, 6.45) is 0.573. The Balaban J connectivity index is 1.56. The summed E-state index contributed by atoms with van der Waals surface area (Å²) in [6.45, 7) is 2.04. The number of thioether (sulfide) groups is 1. The molecule has 0 saturated heterocycles. The maximum absolute atomic E-state index is 9.02. The van der Waals surface area contributed by atoms with E-state index in [9.17, 15) is 0 Å². The van der Waals surface area contributed by atoms with Gasteiger partial charge < -0.3 is 9.52 Å². The Morgan fingerprint density at radius 1 is 1.18 bits per heavy atom. The number of hydrogen-bond acceptors (Lipinski definition) is 7. The highest BCUT2D eigenvalue weighted by Crippen LogP contribution is 2.22. The van der Waals surface area contributed by atoms with E-state index in [1.165, 1.54) is 11.8 Å². The van der Waals surface area contributed by atoms with Crippen molar-refractivity contribution in [2.75, 3.05) is 0 Å². The minimum absolute atomic E-state index is 0.0660. The lowest BCUT2D eigenvalue weighted by Crippen LogP contribution is -1.88. The van der Waals surface area contributed by atoms with E-state index in [1.54, 1.807) is 11.3 Å². The molecule has 0 bridgehead atoms. The first-order valence-corrected chi connectivity index (χ1v) is 8.64. The van der Waals surface area contributed by atoms with E-state index in [4.69, 9.17) is 9.52 Å². The summed E-state index contributed by atoms with van der Waals surface area (Å²) in [5, 5.41) is 20.7. The molecule has 0 atom stereocenters. The van der Waals surface area contributed by atoms with Crippen LogP contribution >= 0.6 is 23.1 Å². The molecule has 22 heavy (non-hydrogen) atoms. The van der Waals surface area contributed by atoms with E-state index in [2.05, 4.69) is 15.2 Å². The summed E-state index contributed by atoms with van der Waals surface area (Å²) < 4.78 is 5.63. The zero-order chi connectivity index (χ0) is 15.4. The molecule has 0 unspecified atom stereocenters. The van der Waals surface area contributed by atoms with Crippen LogP contribution < -0.4 is 0 Å². The van der Waals surface area contributed by atoms with Crippen LogP contribution in [0.4, 0.5) is 0 Å². The summed E-state index contributed by atoms with van der Waals surface area (Å²) in [5.41, 5.74) is 3.02. The van der Waals surface area contributed by atoms with Gasteiger partial charge in [-0.25, -0.2) is 4.98 Å². The molecule has 7 heteroatoms. The summed E-state index contributed by atoms with van der Waals surface area (Å²) in [6, 6.07) is 7.82. The van der Waals surface area contributed by atoms with Crippen molar-refractivity contribution in [2.45, 2.75) is 30.9 Å². The zero-order valence-corrected chi connectivity index (χ0v) is 13.7. The third kappa shape index (κ3) is 3.94. The first-order valence-electron chi connectivity index (χ1n) is 6.78. The molecule has 114 valence electrons. The van der Waals surface area contributed by atoms with Crippen molar-refractivity contribution in [2.24, 2.45) is 0 Å². The lowest BCUT2D eigenvalue weighted by molar-refractivity contribution is 0.282. The van der Waals surface area contributed by atoms with Crippen LogP contribution in [0.3, 0.4) is 0 Å². The van der Waals surface area contributed by atoms with E-state index in [-0.39, 0.29) is 6.61 Å². The summed E-state index contributed by atoms with van der Waals surface area (Å²) in [7, 11) is 0. The zero-order valence-electron chi connectivity index (χ0n) is 12.0. The van der Waals surface area contributed by atoms with Crippen LogP contribution in [-0.4, -0.2) is 20.3 Å². The lowest BCUT2D eigenvalue weighted by atomic mass is 10.2. The van der Waals surface area contributed by atoms with Crippen LogP contribution in [0.5, 0.6) is 0 Å². The molecule has 0 spiro atoms. The van der Waals surface area contributed by atoms with Crippen LogP contribution in [0.15, 0.2) is 39.3 Å². The molecule has 2 aromatic heterocycles. The second kappa shape index (κ2) is 7.04. The lowest BCUT2D eigenvalue weighted by Gasteiger charge is -2.00. The fraction of sp³-hybridized carbons (Fsp3) is 0.267. The number of benzene rings is 1. The standard InChI is InChI=1S/C15H15N3O2S2/c1-10-16-13(9-21-10)6-14-17-18-15(20-14)22-8-12-4-2-11(7-19)3-5-12/h2-5,9,19H,6-8H2,1H3. The monoisotopic (exact) mass is 333 g/mol. The van der Waals surface area contributed by atoms with Gasteiger partial charge in [0.25, 0.3) is 5.22 Å². The first-order chi connectivity index (χ1) is 10.7. The van der Waals surface area contributed by atoms with Crippen molar-refractivity contribution in [3.63, 3.8) is 0 Å². The Kier molecular flexibility index (Phi) is 4.87. The van der Waals surface area contributed by atoms with Crippen molar-refractivity contribution in [1.29, 1.82) is 0 Å². The molecule has 1 aromatic carbocycles. The van der Waals surface area contributed by atoms with Gasteiger partial charge >= 0.3 is 0 Å². The van der Waals surface area contributed by atoms with Crippen LogP contribution in [0.2, 0.25) is 0 Å². The van der Waals surface area contributed by atoms with Gasteiger partial charge in [0.15, 0.2) is 0 Å². The summed E-state index contributed by atoms with van der Waals surface area (Å²) in [4.78, 5) is 4.39. The highest BCUT2D eigenvalue weighted by molar-refractivity contribution is 7.98. The molecular weight excluding hydrogens is 318 g/mol. The van der Waals surface area contributed by atoms with E-state index in [1.807, 2.05) is 36.6 Å². The largest absolute Gasteiger partial charge is 0.416 e.